The van der Waals surface area contributed by atoms with E-state index in [1.807, 2.05) is 6.92 Å². The van der Waals surface area contributed by atoms with E-state index in [9.17, 15) is 14.4 Å². The van der Waals surface area contributed by atoms with Crippen LogP contribution in [0.15, 0.2) is 16.9 Å². The Balaban J connectivity index is 1.83. The van der Waals surface area contributed by atoms with Gasteiger partial charge in [-0.05, 0) is 25.8 Å². The van der Waals surface area contributed by atoms with Crippen LogP contribution in [0.3, 0.4) is 0 Å². The quantitative estimate of drug-likeness (QED) is 0.852. The Morgan fingerprint density at radius 3 is 2.50 bits per heavy atom. The summed E-state index contributed by atoms with van der Waals surface area (Å²) < 4.78 is 6.68. The molecule has 7 nitrogen and oxygen atoms in total. The zero-order chi connectivity index (χ0) is 17.7. The smallest absolute Gasteiger partial charge is 0.254 e. The van der Waals surface area contributed by atoms with E-state index in [4.69, 9.17) is 4.74 Å². The van der Waals surface area contributed by atoms with Gasteiger partial charge in [0.25, 0.3) is 5.56 Å². The maximum absolute atomic E-state index is 12.2. The fraction of sp³-hybridized carbons (Fsp3) is 0.588. The molecule has 132 valence electrons. The molecule has 1 fully saturated rings. The van der Waals surface area contributed by atoms with Crippen molar-refractivity contribution in [3.8, 4) is 5.75 Å². The van der Waals surface area contributed by atoms with E-state index in [1.54, 1.807) is 22.5 Å². The van der Waals surface area contributed by atoms with Gasteiger partial charge in [-0.3, -0.25) is 14.4 Å². The van der Waals surface area contributed by atoms with Crippen LogP contribution in [-0.2, 0) is 16.1 Å². The van der Waals surface area contributed by atoms with E-state index < -0.39 is 0 Å². The number of carbonyl (C=O) groups is 2. The summed E-state index contributed by atoms with van der Waals surface area (Å²) in [5.41, 5.74) is 0.652. The first-order valence-corrected chi connectivity index (χ1v) is 8.21. The van der Waals surface area contributed by atoms with Gasteiger partial charge in [-0.25, -0.2) is 0 Å². The van der Waals surface area contributed by atoms with Crippen LogP contribution in [-0.4, -0.2) is 48.0 Å². The minimum atomic E-state index is -0.143. The number of likely N-dealkylation sites (tertiary alicyclic amines) is 1. The zero-order valence-corrected chi connectivity index (χ0v) is 14.5. The van der Waals surface area contributed by atoms with Gasteiger partial charge < -0.3 is 19.5 Å². The zero-order valence-electron chi connectivity index (χ0n) is 14.5. The minimum Gasteiger partial charge on any atom is -0.496 e. The number of aromatic nitrogens is 1. The molecule has 1 N–H and O–H groups in total. The van der Waals surface area contributed by atoms with Crippen molar-refractivity contribution in [3.63, 3.8) is 0 Å². The van der Waals surface area contributed by atoms with E-state index in [0.717, 1.165) is 5.69 Å². The Morgan fingerprint density at radius 2 is 1.96 bits per heavy atom. The van der Waals surface area contributed by atoms with E-state index in [2.05, 4.69) is 5.32 Å². The number of pyridine rings is 1. The Bertz CT molecular complexity index is 660. The van der Waals surface area contributed by atoms with Gasteiger partial charge in [0.1, 0.15) is 5.75 Å². The summed E-state index contributed by atoms with van der Waals surface area (Å²) in [6.45, 7) is 5.47. The summed E-state index contributed by atoms with van der Waals surface area (Å²) in [6.07, 6.45) is 1.37. The Kier molecular flexibility index (Phi) is 6.00. The predicted octanol–water partition coefficient (Wildman–Crippen LogP) is 0.540. The van der Waals surface area contributed by atoms with Crippen molar-refractivity contribution in [1.29, 1.82) is 0 Å². The van der Waals surface area contributed by atoms with Crippen LogP contribution in [0.2, 0.25) is 0 Å². The van der Waals surface area contributed by atoms with Crippen LogP contribution >= 0.6 is 0 Å². The lowest BCUT2D eigenvalue weighted by molar-refractivity contribution is -0.133. The lowest BCUT2D eigenvalue weighted by Gasteiger charge is -2.30. The summed E-state index contributed by atoms with van der Waals surface area (Å²) in [5, 5.41) is 2.89. The standard InChI is InChI=1S/C17H25N3O4/c1-12-10-15(24-3)11-16(22)20(12)9-6-18-17(23)14-4-7-19(8-5-14)13(2)21/h10-11,14H,4-9H2,1-3H3,(H,18,23). The molecule has 1 aliphatic heterocycles. The van der Waals surface area contributed by atoms with Gasteiger partial charge in [-0.1, -0.05) is 0 Å². The summed E-state index contributed by atoms with van der Waals surface area (Å²) in [5.74, 6) is 0.532. The van der Waals surface area contributed by atoms with Crippen molar-refractivity contribution in [2.24, 2.45) is 5.92 Å². The lowest BCUT2D eigenvalue weighted by Crippen LogP contribution is -2.43. The molecule has 0 aromatic carbocycles. The first-order chi connectivity index (χ1) is 11.4. The summed E-state index contributed by atoms with van der Waals surface area (Å²) in [7, 11) is 1.52. The number of rotatable bonds is 5. The molecule has 2 heterocycles. The number of nitrogens with zero attached hydrogens (tertiary/aromatic N) is 2. The molecule has 7 heteroatoms. The second-order valence-electron chi connectivity index (χ2n) is 6.10. The molecule has 2 rings (SSSR count). The van der Waals surface area contributed by atoms with Crippen LogP contribution in [0.5, 0.6) is 5.75 Å². The van der Waals surface area contributed by atoms with Gasteiger partial charge in [0, 0.05) is 50.8 Å². The summed E-state index contributed by atoms with van der Waals surface area (Å²) in [6, 6.07) is 3.23. The van der Waals surface area contributed by atoms with Gasteiger partial charge in [0.05, 0.1) is 7.11 Å². The molecule has 24 heavy (non-hydrogen) atoms. The Hall–Kier alpha value is -2.31. The molecule has 1 saturated heterocycles. The molecule has 1 aliphatic rings. The number of piperidine rings is 1. The van der Waals surface area contributed by atoms with Gasteiger partial charge >= 0.3 is 0 Å². The molecule has 1 aromatic rings. The van der Waals surface area contributed by atoms with Crippen LogP contribution in [0.4, 0.5) is 0 Å². The second kappa shape index (κ2) is 7.99. The summed E-state index contributed by atoms with van der Waals surface area (Å²) >= 11 is 0. The van der Waals surface area contributed by atoms with Crippen molar-refractivity contribution in [2.45, 2.75) is 33.2 Å². The fourth-order valence-corrected chi connectivity index (χ4v) is 3.00. The highest BCUT2D eigenvalue weighted by molar-refractivity contribution is 5.79. The van der Waals surface area contributed by atoms with Gasteiger partial charge in [0.2, 0.25) is 11.8 Å². The topological polar surface area (TPSA) is 80.6 Å². The molecule has 0 radical (unpaired) electrons. The molecule has 0 aliphatic carbocycles. The summed E-state index contributed by atoms with van der Waals surface area (Å²) in [4.78, 5) is 37.3. The number of amides is 2. The molecule has 0 saturated carbocycles. The third-order valence-electron chi connectivity index (χ3n) is 4.49. The monoisotopic (exact) mass is 335 g/mol. The van der Waals surface area contributed by atoms with E-state index >= 15 is 0 Å². The number of carbonyl (C=O) groups excluding carboxylic acids is 2. The van der Waals surface area contributed by atoms with Gasteiger partial charge in [-0.15, -0.1) is 0 Å². The van der Waals surface area contributed by atoms with Gasteiger partial charge in [0.15, 0.2) is 0 Å². The van der Waals surface area contributed by atoms with Crippen molar-refractivity contribution < 1.29 is 14.3 Å². The van der Waals surface area contributed by atoms with E-state index in [0.29, 0.717) is 44.8 Å². The van der Waals surface area contributed by atoms with Gasteiger partial charge in [-0.2, -0.15) is 0 Å². The minimum absolute atomic E-state index is 0.00239. The van der Waals surface area contributed by atoms with Crippen LogP contribution in [0.1, 0.15) is 25.5 Å². The fourth-order valence-electron chi connectivity index (χ4n) is 3.00. The highest BCUT2D eigenvalue weighted by atomic mass is 16.5. The number of methoxy groups -OCH3 is 1. The molecule has 0 bridgehead atoms. The average Bonchev–Trinajstić information content (AvgIpc) is 2.56. The van der Waals surface area contributed by atoms with Crippen molar-refractivity contribution in [1.82, 2.24) is 14.8 Å². The van der Waals surface area contributed by atoms with Crippen LogP contribution in [0, 0.1) is 12.8 Å². The van der Waals surface area contributed by atoms with Crippen molar-refractivity contribution >= 4 is 11.8 Å². The molecule has 0 spiro atoms. The maximum atomic E-state index is 12.2. The van der Waals surface area contributed by atoms with Crippen molar-refractivity contribution in [2.75, 3.05) is 26.7 Å². The Morgan fingerprint density at radius 1 is 1.29 bits per heavy atom. The third-order valence-corrected chi connectivity index (χ3v) is 4.49. The number of aryl methyl sites for hydroxylation is 1. The molecular formula is C17H25N3O4. The average molecular weight is 335 g/mol. The van der Waals surface area contributed by atoms with E-state index in [-0.39, 0.29) is 23.3 Å². The lowest BCUT2D eigenvalue weighted by atomic mass is 9.96. The van der Waals surface area contributed by atoms with Crippen molar-refractivity contribution in [3.05, 3.63) is 28.2 Å². The number of hydrogen-bond donors (Lipinski definition) is 1. The molecule has 2 amide bonds. The normalized spacial score (nSPS) is 15.2. The maximum Gasteiger partial charge on any atom is 0.254 e. The number of hydrogen-bond acceptors (Lipinski definition) is 4. The molecule has 1 aromatic heterocycles. The highest BCUT2D eigenvalue weighted by Gasteiger charge is 2.25. The first kappa shape index (κ1) is 18.0. The third kappa shape index (κ3) is 4.37. The Labute approximate surface area is 141 Å². The number of ether oxygens (including phenoxy) is 1. The van der Waals surface area contributed by atoms with Crippen LogP contribution in [0.25, 0.3) is 0 Å². The largest absolute Gasteiger partial charge is 0.496 e. The number of nitrogens with one attached hydrogen (secondary N) is 1. The second-order valence-corrected chi connectivity index (χ2v) is 6.10. The van der Waals surface area contributed by atoms with E-state index in [1.165, 1.54) is 13.2 Å². The molecule has 0 atom stereocenters. The highest BCUT2D eigenvalue weighted by Crippen LogP contribution is 2.17. The van der Waals surface area contributed by atoms with Crippen LogP contribution < -0.4 is 15.6 Å². The first-order valence-electron chi connectivity index (χ1n) is 8.21. The molecular weight excluding hydrogens is 310 g/mol. The molecule has 0 unspecified atom stereocenters. The SMILES string of the molecule is COc1cc(C)n(CCNC(=O)C2CCN(C(C)=O)CC2)c(=O)c1. The predicted molar refractivity (Wildman–Crippen MR) is 90.0 cm³/mol.